The highest BCUT2D eigenvalue weighted by Gasteiger charge is 2.10. The first-order valence-corrected chi connectivity index (χ1v) is 7.81. The maximum atomic E-state index is 10.2. The Hall–Kier alpha value is -0.160. The Bertz CT molecular complexity index is 517. The van der Waals surface area contributed by atoms with Crippen LogP contribution in [0.15, 0.2) is 55.9 Å². The van der Waals surface area contributed by atoms with Gasteiger partial charge in [0.1, 0.15) is 0 Å². The first-order chi connectivity index (χ1) is 8.54. The summed E-state index contributed by atoms with van der Waals surface area (Å²) in [5.74, 6) is 0. The van der Waals surface area contributed by atoms with Gasteiger partial charge in [-0.1, -0.05) is 59.9 Å². The monoisotopic (exact) mass is 432 g/mol. The summed E-state index contributed by atoms with van der Waals surface area (Å²) in [6.45, 7) is 0. The fraction of sp³-hybridized carbons (Fsp3) is 0.143. The Kier molecular flexibility index (Phi) is 5.01. The Labute approximate surface area is 132 Å². The Balaban J connectivity index is 2.16. The average Bonchev–Trinajstić information content (AvgIpc) is 2.31. The van der Waals surface area contributed by atoms with Gasteiger partial charge in [0.05, 0.1) is 6.10 Å². The summed E-state index contributed by atoms with van der Waals surface area (Å²) in [6.07, 6.45) is 0.107. The SMILES string of the molecule is OC(Cc1ccc(Br)cc1)c1cc(Br)cc(Br)c1. The van der Waals surface area contributed by atoms with Gasteiger partial charge in [-0.15, -0.1) is 0 Å². The van der Waals surface area contributed by atoms with Crippen molar-refractivity contribution >= 4 is 47.8 Å². The zero-order valence-corrected chi connectivity index (χ0v) is 14.2. The lowest BCUT2D eigenvalue weighted by Gasteiger charge is -2.12. The van der Waals surface area contributed by atoms with Crippen LogP contribution in [0.3, 0.4) is 0 Å². The second-order valence-corrected chi connectivity index (χ2v) is 6.80. The van der Waals surface area contributed by atoms with E-state index >= 15 is 0 Å². The number of rotatable bonds is 3. The molecule has 0 aliphatic heterocycles. The lowest BCUT2D eigenvalue weighted by atomic mass is 10.0. The minimum absolute atomic E-state index is 0.500. The lowest BCUT2D eigenvalue weighted by molar-refractivity contribution is 0.178. The molecule has 0 amide bonds. The van der Waals surface area contributed by atoms with E-state index < -0.39 is 6.10 Å². The highest BCUT2D eigenvalue weighted by molar-refractivity contribution is 9.11. The van der Waals surface area contributed by atoms with Crippen LogP contribution in [0.4, 0.5) is 0 Å². The van der Waals surface area contributed by atoms with Gasteiger partial charge in [0.15, 0.2) is 0 Å². The summed E-state index contributed by atoms with van der Waals surface area (Å²) in [6, 6.07) is 13.8. The molecule has 0 saturated carbocycles. The third-order valence-corrected chi connectivity index (χ3v) is 4.06. The molecule has 0 radical (unpaired) electrons. The van der Waals surface area contributed by atoms with Crippen molar-refractivity contribution in [3.63, 3.8) is 0 Å². The molecule has 1 atom stereocenters. The van der Waals surface area contributed by atoms with Crippen molar-refractivity contribution in [3.8, 4) is 0 Å². The lowest BCUT2D eigenvalue weighted by Crippen LogP contribution is -2.01. The van der Waals surface area contributed by atoms with Crippen LogP contribution in [0.5, 0.6) is 0 Å². The number of hydrogen-bond acceptors (Lipinski definition) is 1. The maximum Gasteiger partial charge on any atom is 0.0831 e. The van der Waals surface area contributed by atoms with E-state index in [0.717, 1.165) is 24.5 Å². The van der Waals surface area contributed by atoms with E-state index in [4.69, 9.17) is 0 Å². The van der Waals surface area contributed by atoms with Gasteiger partial charge >= 0.3 is 0 Å². The van der Waals surface area contributed by atoms with Crippen LogP contribution in [0.2, 0.25) is 0 Å². The summed E-state index contributed by atoms with van der Waals surface area (Å²) in [5, 5.41) is 10.2. The van der Waals surface area contributed by atoms with Gasteiger partial charge in [-0.05, 0) is 41.5 Å². The van der Waals surface area contributed by atoms with Crippen LogP contribution >= 0.6 is 47.8 Å². The predicted molar refractivity (Wildman–Crippen MR) is 84.6 cm³/mol. The Morgan fingerprint density at radius 3 is 1.94 bits per heavy atom. The third-order valence-electron chi connectivity index (χ3n) is 2.61. The van der Waals surface area contributed by atoms with Gasteiger partial charge in [0, 0.05) is 19.8 Å². The molecule has 2 rings (SSSR count). The van der Waals surface area contributed by atoms with Crippen molar-refractivity contribution in [1.82, 2.24) is 0 Å². The molecule has 0 aliphatic carbocycles. The molecular formula is C14H11Br3O. The van der Waals surface area contributed by atoms with E-state index in [1.807, 2.05) is 42.5 Å². The van der Waals surface area contributed by atoms with Gasteiger partial charge in [-0.3, -0.25) is 0 Å². The Morgan fingerprint density at radius 1 is 0.833 bits per heavy atom. The zero-order chi connectivity index (χ0) is 13.1. The van der Waals surface area contributed by atoms with Gasteiger partial charge in [-0.25, -0.2) is 0 Å². The predicted octanol–water partition coefficient (Wildman–Crippen LogP) is 5.25. The molecule has 1 N–H and O–H groups in total. The molecule has 94 valence electrons. The average molecular weight is 435 g/mol. The number of benzene rings is 2. The summed E-state index contributed by atoms with van der Waals surface area (Å²) >= 11 is 10.3. The van der Waals surface area contributed by atoms with Crippen LogP contribution in [-0.4, -0.2) is 5.11 Å². The van der Waals surface area contributed by atoms with Gasteiger partial charge in [-0.2, -0.15) is 0 Å². The molecule has 0 heterocycles. The fourth-order valence-corrected chi connectivity index (χ4v) is 3.32. The summed E-state index contributed by atoms with van der Waals surface area (Å²) in [7, 11) is 0. The molecule has 0 bridgehead atoms. The van der Waals surface area contributed by atoms with Gasteiger partial charge in [0.2, 0.25) is 0 Å². The van der Waals surface area contributed by atoms with Crippen LogP contribution < -0.4 is 0 Å². The van der Waals surface area contributed by atoms with E-state index in [2.05, 4.69) is 47.8 Å². The number of hydrogen-bond donors (Lipinski definition) is 1. The highest BCUT2D eigenvalue weighted by Crippen LogP contribution is 2.26. The molecule has 1 unspecified atom stereocenters. The standard InChI is InChI=1S/C14H11Br3O/c15-11-3-1-9(2-4-11)5-14(18)10-6-12(16)8-13(17)7-10/h1-4,6-8,14,18H,5H2. The molecular weight excluding hydrogens is 424 g/mol. The van der Waals surface area contributed by atoms with Crippen LogP contribution in [0.1, 0.15) is 17.2 Å². The molecule has 0 fully saturated rings. The molecule has 2 aromatic carbocycles. The van der Waals surface area contributed by atoms with E-state index in [1.165, 1.54) is 0 Å². The maximum absolute atomic E-state index is 10.2. The first kappa shape index (κ1) is 14.3. The first-order valence-electron chi connectivity index (χ1n) is 5.43. The second kappa shape index (κ2) is 6.33. The smallest absolute Gasteiger partial charge is 0.0831 e. The number of aliphatic hydroxyl groups excluding tert-OH is 1. The normalized spacial score (nSPS) is 12.4. The number of aliphatic hydroxyl groups is 1. The highest BCUT2D eigenvalue weighted by atomic mass is 79.9. The van der Waals surface area contributed by atoms with Crippen LogP contribution in [0, 0.1) is 0 Å². The minimum atomic E-state index is -0.500. The summed E-state index contributed by atoms with van der Waals surface area (Å²) in [5.41, 5.74) is 2.01. The van der Waals surface area contributed by atoms with Crippen molar-refractivity contribution in [2.45, 2.75) is 12.5 Å². The third kappa shape index (κ3) is 3.92. The molecule has 0 saturated heterocycles. The Morgan fingerprint density at radius 2 is 1.39 bits per heavy atom. The van der Waals surface area contributed by atoms with Crippen molar-refractivity contribution in [3.05, 3.63) is 67.0 Å². The molecule has 18 heavy (non-hydrogen) atoms. The topological polar surface area (TPSA) is 20.2 Å². The van der Waals surface area contributed by atoms with Gasteiger partial charge in [0.25, 0.3) is 0 Å². The quantitative estimate of drug-likeness (QED) is 0.699. The van der Waals surface area contributed by atoms with Crippen LogP contribution in [-0.2, 0) is 6.42 Å². The van der Waals surface area contributed by atoms with Crippen molar-refractivity contribution in [1.29, 1.82) is 0 Å². The fourth-order valence-electron chi connectivity index (χ4n) is 1.73. The van der Waals surface area contributed by atoms with E-state index in [-0.39, 0.29) is 0 Å². The van der Waals surface area contributed by atoms with E-state index in [9.17, 15) is 5.11 Å². The second-order valence-electron chi connectivity index (χ2n) is 4.05. The molecule has 0 spiro atoms. The van der Waals surface area contributed by atoms with Crippen LogP contribution in [0.25, 0.3) is 0 Å². The molecule has 1 nitrogen and oxygen atoms in total. The van der Waals surface area contributed by atoms with Crippen molar-refractivity contribution in [2.24, 2.45) is 0 Å². The number of halogens is 3. The largest absolute Gasteiger partial charge is 0.388 e. The molecule has 4 heteroatoms. The molecule has 0 aliphatic rings. The minimum Gasteiger partial charge on any atom is -0.388 e. The summed E-state index contributed by atoms with van der Waals surface area (Å²) < 4.78 is 2.97. The van der Waals surface area contributed by atoms with Crippen molar-refractivity contribution in [2.75, 3.05) is 0 Å². The molecule has 2 aromatic rings. The van der Waals surface area contributed by atoms with E-state index in [0.29, 0.717) is 6.42 Å². The summed E-state index contributed by atoms with van der Waals surface area (Å²) in [4.78, 5) is 0. The van der Waals surface area contributed by atoms with Crippen molar-refractivity contribution < 1.29 is 5.11 Å². The van der Waals surface area contributed by atoms with Gasteiger partial charge < -0.3 is 5.11 Å². The molecule has 0 aromatic heterocycles. The van der Waals surface area contributed by atoms with E-state index in [1.54, 1.807) is 0 Å². The zero-order valence-electron chi connectivity index (χ0n) is 9.41.